The van der Waals surface area contributed by atoms with E-state index >= 15 is 0 Å². The highest BCUT2D eigenvalue weighted by Crippen LogP contribution is 2.23. The van der Waals surface area contributed by atoms with E-state index in [-0.39, 0.29) is 6.04 Å². The lowest BCUT2D eigenvalue weighted by Gasteiger charge is -2.20. The van der Waals surface area contributed by atoms with Crippen molar-refractivity contribution in [3.05, 3.63) is 65.0 Å². The van der Waals surface area contributed by atoms with Crippen LogP contribution < -0.4 is 5.32 Å². The Kier molecular flexibility index (Phi) is 4.69. The Balaban J connectivity index is 2.42. The van der Waals surface area contributed by atoms with Gasteiger partial charge in [0, 0.05) is 6.20 Å². The molecule has 1 atom stereocenters. The molecule has 0 radical (unpaired) electrons. The summed E-state index contributed by atoms with van der Waals surface area (Å²) in [5, 5.41) is 3.54. The molecule has 19 heavy (non-hydrogen) atoms. The number of nitrogens with zero attached hydrogens (tertiary/aromatic N) is 1. The van der Waals surface area contributed by atoms with Gasteiger partial charge in [0.1, 0.15) is 0 Å². The summed E-state index contributed by atoms with van der Waals surface area (Å²) in [7, 11) is 0. The Labute approximate surface area is 115 Å². The van der Waals surface area contributed by atoms with Gasteiger partial charge in [-0.05, 0) is 42.6 Å². The van der Waals surface area contributed by atoms with Gasteiger partial charge in [0.25, 0.3) is 0 Å². The number of hydrogen-bond acceptors (Lipinski definition) is 2. The third-order valence-corrected chi connectivity index (χ3v) is 3.42. The number of rotatable bonds is 5. The Hall–Kier alpha value is -1.67. The van der Waals surface area contributed by atoms with Gasteiger partial charge in [-0.25, -0.2) is 0 Å². The molecule has 2 rings (SSSR count). The summed E-state index contributed by atoms with van der Waals surface area (Å²) in [6, 6.07) is 13.1. The topological polar surface area (TPSA) is 24.9 Å². The molecule has 1 N–H and O–H groups in total. The third-order valence-electron chi connectivity index (χ3n) is 3.42. The van der Waals surface area contributed by atoms with E-state index in [0.717, 1.165) is 18.7 Å². The SMILES string of the molecule is CCNC(c1cccc(CC)c1)c1ncccc1C. The second-order valence-electron chi connectivity index (χ2n) is 4.79. The molecule has 0 saturated heterocycles. The molecule has 0 fully saturated rings. The van der Waals surface area contributed by atoms with E-state index in [2.05, 4.69) is 61.4 Å². The number of hydrogen-bond donors (Lipinski definition) is 1. The zero-order chi connectivity index (χ0) is 13.7. The van der Waals surface area contributed by atoms with Gasteiger partial charge >= 0.3 is 0 Å². The molecule has 1 aromatic heterocycles. The summed E-state index contributed by atoms with van der Waals surface area (Å²) in [6.07, 6.45) is 2.93. The highest BCUT2D eigenvalue weighted by Gasteiger charge is 2.16. The van der Waals surface area contributed by atoms with Crippen LogP contribution in [0.15, 0.2) is 42.6 Å². The molecule has 0 amide bonds. The molecule has 100 valence electrons. The van der Waals surface area contributed by atoms with Crippen molar-refractivity contribution in [2.24, 2.45) is 0 Å². The maximum Gasteiger partial charge on any atom is 0.0754 e. The van der Waals surface area contributed by atoms with Crippen molar-refractivity contribution in [2.75, 3.05) is 6.54 Å². The first-order valence-corrected chi connectivity index (χ1v) is 7.00. The van der Waals surface area contributed by atoms with Crippen LogP contribution in [-0.2, 0) is 6.42 Å². The first-order chi connectivity index (χ1) is 9.26. The lowest BCUT2D eigenvalue weighted by molar-refractivity contribution is 0.611. The molecular formula is C17H22N2. The van der Waals surface area contributed by atoms with Crippen LogP contribution in [0.1, 0.15) is 42.3 Å². The molecular weight excluding hydrogens is 232 g/mol. The van der Waals surface area contributed by atoms with Crippen molar-refractivity contribution in [1.82, 2.24) is 10.3 Å². The van der Waals surface area contributed by atoms with Gasteiger partial charge in [0.05, 0.1) is 11.7 Å². The van der Waals surface area contributed by atoms with Crippen LogP contribution in [0.25, 0.3) is 0 Å². The Bertz CT molecular complexity index is 534. The largest absolute Gasteiger partial charge is 0.305 e. The van der Waals surface area contributed by atoms with Crippen molar-refractivity contribution < 1.29 is 0 Å². The second kappa shape index (κ2) is 6.48. The van der Waals surface area contributed by atoms with Gasteiger partial charge in [-0.3, -0.25) is 4.98 Å². The molecule has 0 spiro atoms. The lowest BCUT2D eigenvalue weighted by atomic mass is 9.97. The highest BCUT2D eigenvalue weighted by atomic mass is 14.9. The molecule has 2 heteroatoms. The smallest absolute Gasteiger partial charge is 0.0754 e. The summed E-state index contributed by atoms with van der Waals surface area (Å²) < 4.78 is 0. The Morgan fingerprint density at radius 3 is 2.68 bits per heavy atom. The van der Waals surface area contributed by atoms with Gasteiger partial charge in [0.15, 0.2) is 0 Å². The van der Waals surface area contributed by atoms with Gasteiger partial charge in [-0.1, -0.05) is 44.2 Å². The fourth-order valence-corrected chi connectivity index (χ4v) is 2.37. The van der Waals surface area contributed by atoms with Gasteiger partial charge in [0.2, 0.25) is 0 Å². The summed E-state index contributed by atoms with van der Waals surface area (Å²) in [6.45, 7) is 7.37. The van der Waals surface area contributed by atoms with Crippen LogP contribution in [0.3, 0.4) is 0 Å². The van der Waals surface area contributed by atoms with E-state index in [0.29, 0.717) is 0 Å². The molecule has 2 aromatic rings. The van der Waals surface area contributed by atoms with E-state index in [1.54, 1.807) is 0 Å². The first-order valence-electron chi connectivity index (χ1n) is 7.00. The molecule has 0 aliphatic carbocycles. The fraction of sp³-hybridized carbons (Fsp3) is 0.353. The van der Waals surface area contributed by atoms with Gasteiger partial charge in [-0.15, -0.1) is 0 Å². The van der Waals surface area contributed by atoms with Gasteiger partial charge in [-0.2, -0.15) is 0 Å². The number of aryl methyl sites for hydroxylation is 2. The van der Waals surface area contributed by atoms with Crippen LogP contribution in [0.5, 0.6) is 0 Å². The molecule has 1 unspecified atom stereocenters. The van der Waals surface area contributed by atoms with Crippen LogP contribution in [0, 0.1) is 6.92 Å². The second-order valence-corrected chi connectivity index (χ2v) is 4.79. The first kappa shape index (κ1) is 13.8. The average molecular weight is 254 g/mol. The van der Waals surface area contributed by atoms with E-state index < -0.39 is 0 Å². The van der Waals surface area contributed by atoms with E-state index in [4.69, 9.17) is 0 Å². The third kappa shape index (κ3) is 3.21. The van der Waals surface area contributed by atoms with E-state index in [1.807, 2.05) is 12.3 Å². The van der Waals surface area contributed by atoms with Crippen molar-refractivity contribution in [2.45, 2.75) is 33.2 Å². The normalized spacial score (nSPS) is 12.4. The van der Waals surface area contributed by atoms with E-state index in [9.17, 15) is 0 Å². The lowest BCUT2D eigenvalue weighted by Crippen LogP contribution is -2.23. The van der Waals surface area contributed by atoms with Crippen molar-refractivity contribution >= 4 is 0 Å². The molecule has 0 bridgehead atoms. The minimum atomic E-state index is 0.178. The van der Waals surface area contributed by atoms with Crippen molar-refractivity contribution in [1.29, 1.82) is 0 Å². The molecule has 2 nitrogen and oxygen atoms in total. The minimum Gasteiger partial charge on any atom is -0.305 e. The summed E-state index contributed by atoms with van der Waals surface area (Å²) in [5.74, 6) is 0. The number of benzene rings is 1. The fourth-order valence-electron chi connectivity index (χ4n) is 2.37. The van der Waals surface area contributed by atoms with Crippen LogP contribution >= 0.6 is 0 Å². The Morgan fingerprint density at radius 2 is 2.00 bits per heavy atom. The monoisotopic (exact) mass is 254 g/mol. The predicted molar refractivity (Wildman–Crippen MR) is 80.3 cm³/mol. The number of aromatic nitrogens is 1. The zero-order valence-corrected chi connectivity index (χ0v) is 12.0. The van der Waals surface area contributed by atoms with E-state index in [1.165, 1.54) is 16.7 Å². The predicted octanol–water partition coefficient (Wildman–Crippen LogP) is 3.65. The summed E-state index contributed by atoms with van der Waals surface area (Å²) in [4.78, 5) is 4.57. The minimum absolute atomic E-state index is 0.178. The molecule has 1 aromatic carbocycles. The van der Waals surface area contributed by atoms with Crippen LogP contribution in [-0.4, -0.2) is 11.5 Å². The molecule has 0 aliphatic heterocycles. The maximum absolute atomic E-state index is 4.57. The molecule has 0 aliphatic rings. The summed E-state index contributed by atoms with van der Waals surface area (Å²) in [5.41, 5.74) is 5.02. The standard InChI is InChI=1S/C17H22N2/c1-4-14-9-6-10-15(12-14)17(18-5-2)16-13(3)8-7-11-19-16/h6-12,17-18H,4-5H2,1-3H3. The van der Waals surface area contributed by atoms with Gasteiger partial charge < -0.3 is 5.32 Å². The van der Waals surface area contributed by atoms with Crippen LogP contribution in [0.4, 0.5) is 0 Å². The maximum atomic E-state index is 4.57. The van der Waals surface area contributed by atoms with Crippen molar-refractivity contribution in [3.63, 3.8) is 0 Å². The number of pyridine rings is 1. The quantitative estimate of drug-likeness (QED) is 0.881. The average Bonchev–Trinajstić information content (AvgIpc) is 2.46. The zero-order valence-electron chi connectivity index (χ0n) is 12.0. The van der Waals surface area contributed by atoms with Crippen molar-refractivity contribution in [3.8, 4) is 0 Å². The number of nitrogens with one attached hydrogen (secondary N) is 1. The highest BCUT2D eigenvalue weighted by molar-refractivity contribution is 5.34. The van der Waals surface area contributed by atoms with Crippen LogP contribution in [0.2, 0.25) is 0 Å². The molecule has 0 saturated carbocycles. The molecule has 1 heterocycles. The summed E-state index contributed by atoms with van der Waals surface area (Å²) >= 11 is 0. The Morgan fingerprint density at radius 1 is 1.16 bits per heavy atom.